The number of rotatable bonds is 4. The van der Waals surface area contributed by atoms with Gasteiger partial charge in [0, 0.05) is 23.1 Å². The minimum atomic E-state index is -0.441. The van der Waals surface area contributed by atoms with Crippen LogP contribution < -0.4 is 5.32 Å². The molecular weight excluding hydrogens is 358 g/mol. The SMILES string of the molecule is CC12CCC(C/C1=N\N=C1/NC(=O)C(CC(=O)c3ccccc3)S1)C2(C)C. The number of thioether (sulfide) groups is 1. The number of ketones is 1. The molecule has 1 saturated heterocycles. The van der Waals surface area contributed by atoms with E-state index < -0.39 is 5.25 Å². The van der Waals surface area contributed by atoms with Gasteiger partial charge in [-0.25, -0.2) is 0 Å². The maximum absolute atomic E-state index is 12.4. The van der Waals surface area contributed by atoms with Crippen LogP contribution in [0.5, 0.6) is 0 Å². The van der Waals surface area contributed by atoms with E-state index in [0.29, 0.717) is 16.6 Å². The maximum Gasteiger partial charge on any atom is 0.240 e. The topological polar surface area (TPSA) is 70.9 Å². The van der Waals surface area contributed by atoms with Crippen molar-refractivity contribution in [1.29, 1.82) is 0 Å². The van der Waals surface area contributed by atoms with Gasteiger partial charge in [-0.15, -0.1) is 5.10 Å². The van der Waals surface area contributed by atoms with Crippen molar-refractivity contribution < 1.29 is 9.59 Å². The third-order valence-corrected chi connectivity index (χ3v) is 8.09. The number of fused-ring (bicyclic) bond motifs is 2. The molecule has 2 aliphatic carbocycles. The molecule has 1 aliphatic heterocycles. The van der Waals surface area contributed by atoms with E-state index in [2.05, 4.69) is 36.3 Å². The second-order valence-corrected chi connectivity index (χ2v) is 9.73. The zero-order valence-corrected chi connectivity index (χ0v) is 16.8. The van der Waals surface area contributed by atoms with Crippen LogP contribution in [0.15, 0.2) is 40.5 Å². The smallest absolute Gasteiger partial charge is 0.240 e. The Bertz CT molecular complexity index is 846. The summed E-state index contributed by atoms with van der Waals surface area (Å²) in [5, 5.41) is 11.7. The molecule has 3 unspecified atom stereocenters. The molecule has 3 aliphatic rings. The Morgan fingerprint density at radius 1 is 1.22 bits per heavy atom. The second-order valence-electron chi connectivity index (χ2n) is 8.53. The lowest BCUT2D eigenvalue weighted by Crippen LogP contribution is -2.32. The largest absolute Gasteiger partial charge is 0.303 e. The summed E-state index contributed by atoms with van der Waals surface area (Å²) < 4.78 is 0. The summed E-state index contributed by atoms with van der Waals surface area (Å²) in [6.07, 6.45) is 3.58. The number of benzene rings is 1. The fraction of sp³-hybridized carbons (Fsp3) is 0.524. The molecule has 0 radical (unpaired) electrons. The van der Waals surface area contributed by atoms with E-state index in [-0.39, 0.29) is 28.9 Å². The summed E-state index contributed by atoms with van der Waals surface area (Å²) in [6.45, 7) is 6.95. The van der Waals surface area contributed by atoms with Crippen LogP contribution in [0, 0.1) is 16.7 Å². The zero-order chi connectivity index (χ0) is 19.2. The first-order chi connectivity index (χ1) is 12.8. The highest BCUT2D eigenvalue weighted by Gasteiger charge is 2.60. The van der Waals surface area contributed by atoms with Crippen LogP contribution in [0.4, 0.5) is 0 Å². The highest BCUT2D eigenvalue weighted by Crippen LogP contribution is 2.64. The van der Waals surface area contributed by atoms with Crippen LogP contribution in [-0.4, -0.2) is 27.8 Å². The summed E-state index contributed by atoms with van der Waals surface area (Å²) in [6, 6.07) is 9.08. The Morgan fingerprint density at radius 3 is 2.59 bits per heavy atom. The van der Waals surface area contributed by atoms with E-state index in [4.69, 9.17) is 0 Å². The van der Waals surface area contributed by atoms with Gasteiger partial charge in [0.2, 0.25) is 5.91 Å². The monoisotopic (exact) mass is 383 g/mol. The molecule has 4 rings (SSSR count). The first kappa shape index (κ1) is 18.4. The Morgan fingerprint density at radius 2 is 1.96 bits per heavy atom. The molecule has 1 N–H and O–H groups in total. The fourth-order valence-corrected chi connectivity index (χ4v) is 5.60. The average molecular weight is 384 g/mol. The molecule has 27 heavy (non-hydrogen) atoms. The predicted octanol–water partition coefficient (Wildman–Crippen LogP) is 4.05. The molecule has 2 bridgehead atoms. The van der Waals surface area contributed by atoms with Gasteiger partial charge in [-0.2, -0.15) is 5.10 Å². The molecule has 3 fully saturated rings. The highest BCUT2D eigenvalue weighted by atomic mass is 32.2. The van der Waals surface area contributed by atoms with Crippen molar-refractivity contribution in [2.24, 2.45) is 27.0 Å². The third kappa shape index (κ3) is 3.04. The molecule has 6 heteroatoms. The Hall–Kier alpha value is -1.95. The minimum Gasteiger partial charge on any atom is -0.303 e. The number of Topliss-reactive ketones (excluding diaryl/α,β-unsaturated/α-hetero) is 1. The number of carbonyl (C=O) groups excluding carboxylic acids is 2. The number of amidine groups is 1. The van der Waals surface area contributed by atoms with Crippen LogP contribution in [-0.2, 0) is 4.79 Å². The predicted molar refractivity (Wildman–Crippen MR) is 109 cm³/mol. The Balaban J connectivity index is 1.45. The lowest BCUT2D eigenvalue weighted by atomic mass is 9.70. The first-order valence-corrected chi connectivity index (χ1v) is 10.4. The van der Waals surface area contributed by atoms with Gasteiger partial charge in [0.1, 0.15) is 0 Å². The van der Waals surface area contributed by atoms with Crippen molar-refractivity contribution in [3.05, 3.63) is 35.9 Å². The van der Waals surface area contributed by atoms with Crippen molar-refractivity contribution in [2.45, 2.75) is 51.7 Å². The number of amides is 1. The van der Waals surface area contributed by atoms with E-state index in [1.54, 1.807) is 12.1 Å². The highest BCUT2D eigenvalue weighted by molar-refractivity contribution is 8.15. The summed E-state index contributed by atoms with van der Waals surface area (Å²) in [5.74, 6) is 0.476. The van der Waals surface area contributed by atoms with Gasteiger partial charge in [0.15, 0.2) is 11.0 Å². The van der Waals surface area contributed by atoms with Gasteiger partial charge < -0.3 is 5.32 Å². The molecule has 0 spiro atoms. The molecule has 1 aromatic carbocycles. The van der Waals surface area contributed by atoms with Crippen LogP contribution in [0.25, 0.3) is 0 Å². The van der Waals surface area contributed by atoms with Crippen LogP contribution in [0.1, 0.15) is 56.8 Å². The number of hydrogen-bond donors (Lipinski definition) is 1. The quantitative estimate of drug-likeness (QED) is 0.630. The minimum absolute atomic E-state index is 0.0295. The molecule has 1 heterocycles. The van der Waals surface area contributed by atoms with Gasteiger partial charge in [0.25, 0.3) is 0 Å². The lowest BCUT2D eigenvalue weighted by molar-refractivity contribution is -0.118. The van der Waals surface area contributed by atoms with E-state index in [0.717, 1.165) is 18.6 Å². The molecule has 2 saturated carbocycles. The molecule has 142 valence electrons. The van der Waals surface area contributed by atoms with Gasteiger partial charge in [-0.3, -0.25) is 9.59 Å². The van der Waals surface area contributed by atoms with Crippen LogP contribution >= 0.6 is 11.8 Å². The van der Waals surface area contributed by atoms with Crippen LogP contribution in [0.2, 0.25) is 0 Å². The normalized spacial score (nSPS) is 34.4. The fourth-order valence-electron chi connectivity index (χ4n) is 4.68. The maximum atomic E-state index is 12.4. The molecular formula is C21H25N3O2S. The van der Waals surface area contributed by atoms with Crippen molar-refractivity contribution in [1.82, 2.24) is 5.32 Å². The molecule has 3 atom stereocenters. The van der Waals surface area contributed by atoms with E-state index in [1.807, 2.05) is 18.2 Å². The summed E-state index contributed by atoms with van der Waals surface area (Å²) in [4.78, 5) is 24.6. The molecule has 0 aromatic heterocycles. The Labute approximate surface area is 164 Å². The van der Waals surface area contributed by atoms with Crippen molar-refractivity contribution >= 4 is 34.3 Å². The number of carbonyl (C=O) groups is 2. The van der Waals surface area contributed by atoms with E-state index in [1.165, 1.54) is 18.2 Å². The number of nitrogens with one attached hydrogen (secondary N) is 1. The Kier molecular flexibility index (Phi) is 4.49. The second kappa shape index (κ2) is 6.59. The van der Waals surface area contributed by atoms with Crippen molar-refractivity contribution in [2.75, 3.05) is 0 Å². The van der Waals surface area contributed by atoms with Crippen LogP contribution in [0.3, 0.4) is 0 Å². The number of nitrogens with zero attached hydrogens (tertiary/aromatic N) is 2. The molecule has 5 nitrogen and oxygen atoms in total. The first-order valence-electron chi connectivity index (χ1n) is 9.52. The average Bonchev–Trinajstić information content (AvgIpc) is 3.17. The zero-order valence-electron chi connectivity index (χ0n) is 16.0. The summed E-state index contributed by atoms with van der Waals surface area (Å²) >= 11 is 1.31. The lowest BCUT2D eigenvalue weighted by Gasteiger charge is -2.34. The van der Waals surface area contributed by atoms with Crippen molar-refractivity contribution in [3.63, 3.8) is 0 Å². The van der Waals surface area contributed by atoms with E-state index >= 15 is 0 Å². The third-order valence-electron chi connectivity index (χ3n) is 7.02. The summed E-state index contributed by atoms with van der Waals surface area (Å²) in [7, 11) is 0. The number of hydrogen-bond acceptors (Lipinski definition) is 5. The van der Waals surface area contributed by atoms with Gasteiger partial charge in [0.05, 0.1) is 5.25 Å². The van der Waals surface area contributed by atoms with Crippen molar-refractivity contribution in [3.8, 4) is 0 Å². The van der Waals surface area contributed by atoms with Gasteiger partial charge in [-0.1, -0.05) is 62.9 Å². The molecule has 1 aromatic rings. The summed E-state index contributed by atoms with van der Waals surface area (Å²) in [5.41, 5.74) is 2.13. The van der Waals surface area contributed by atoms with E-state index in [9.17, 15) is 9.59 Å². The van der Waals surface area contributed by atoms with Gasteiger partial charge in [-0.05, 0) is 30.6 Å². The van der Waals surface area contributed by atoms with Gasteiger partial charge >= 0.3 is 0 Å². The molecule has 1 amide bonds. The standard InChI is InChI=1S/C21H25N3O2S/c1-20(2)14-9-10-21(20,3)17(11-14)23-24-19-22-18(26)16(27-19)12-15(25)13-7-5-4-6-8-13/h4-8,14,16H,9-12H2,1-3H3,(H,22,24,26)/b23-17+.